The molecule has 1 rings (SSSR count). The minimum atomic E-state index is -4.30. The van der Waals surface area contributed by atoms with Crippen LogP contribution < -0.4 is 0 Å². The maximum absolute atomic E-state index is 12.5. The second kappa shape index (κ2) is 3.81. The molecule has 1 nitrogen and oxygen atoms in total. The minimum absolute atomic E-state index is 0.0180. The Kier molecular flexibility index (Phi) is 3.15. The van der Waals surface area contributed by atoms with E-state index in [1.54, 1.807) is 29.5 Å². The molecule has 1 heterocycles. The average Bonchev–Trinajstić information content (AvgIpc) is 2.01. The van der Waals surface area contributed by atoms with Gasteiger partial charge in [0.25, 0.3) is 0 Å². The molecule has 13 heavy (non-hydrogen) atoms. The molecule has 0 aliphatic carbocycles. The lowest BCUT2D eigenvalue weighted by Crippen LogP contribution is -2.12. The molecule has 0 fully saturated rings. The standard InChI is InChI=1S/C8H7F3IN/c1-2-5-3-4-13-7(12)6(5)8(9,10)11/h3-4H,2H2,1H3. The quantitative estimate of drug-likeness (QED) is 0.573. The van der Waals surface area contributed by atoms with E-state index >= 15 is 0 Å². The van der Waals surface area contributed by atoms with Gasteiger partial charge in [-0.25, -0.2) is 4.98 Å². The highest BCUT2D eigenvalue weighted by Crippen LogP contribution is 2.34. The summed E-state index contributed by atoms with van der Waals surface area (Å²) in [5, 5.41) is 0. The predicted molar refractivity (Wildman–Crippen MR) is 51.3 cm³/mol. The second-order valence-corrected chi connectivity index (χ2v) is 3.51. The van der Waals surface area contributed by atoms with Gasteiger partial charge in [0, 0.05) is 6.20 Å². The number of hydrogen-bond acceptors (Lipinski definition) is 1. The van der Waals surface area contributed by atoms with E-state index in [-0.39, 0.29) is 3.70 Å². The summed E-state index contributed by atoms with van der Waals surface area (Å²) in [5.74, 6) is 0. The number of alkyl halides is 3. The number of aromatic nitrogens is 1. The van der Waals surface area contributed by atoms with Crippen molar-refractivity contribution < 1.29 is 13.2 Å². The van der Waals surface area contributed by atoms with Crippen molar-refractivity contribution in [2.24, 2.45) is 0 Å². The molecule has 0 aliphatic heterocycles. The van der Waals surface area contributed by atoms with Gasteiger partial charge in [-0.1, -0.05) is 6.92 Å². The van der Waals surface area contributed by atoms with Crippen LogP contribution >= 0.6 is 22.6 Å². The smallest absolute Gasteiger partial charge is 0.250 e. The van der Waals surface area contributed by atoms with E-state index in [1.807, 2.05) is 0 Å². The summed E-state index contributed by atoms with van der Waals surface area (Å²) >= 11 is 1.60. The molecule has 0 atom stereocenters. The minimum Gasteiger partial charge on any atom is -0.250 e. The zero-order chi connectivity index (χ0) is 10.1. The maximum Gasteiger partial charge on any atom is 0.419 e. The van der Waals surface area contributed by atoms with Crippen LogP contribution in [0.3, 0.4) is 0 Å². The van der Waals surface area contributed by atoms with Gasteiger partial charge in [-0.05, 0) is 40.6 Å². The van der Waals surface area contributed by atoms with Gasteiger partial charge in [0.15, 0.2) is 0 Å². The Labute approximate surface area is 87.5 Å². The second-order valence-electron chi connectivity index (χ2n) is 2.49. The van der Waals surface area contributed by atoms with Crippen LogP contribution in [0.4, 0.5) is 13.2 Å². The van der Waals surface area contributed by atoms with E-state index in [9.17, 15) is 13.2 Å². The van der Waals surface area contributed by atoms with Gasteiger partial charge in [0.2, 0.25) is 0 Å². The van der Waals surface area contributed by atoms with Gasteiger partial charge in [-0.2, -0.15) is 13.2 Å². The fourth-order valence-electron chi connectivity index (χ4n) is 1.07. The molecule has 0 bridgehead atoms. The van der Waals surface area contributed by atoms with Gasteiger partial charge in [0.1, 0.15) is 3.70 Å². The van der Waals surface area contributed by atoms with Crippen molar-refractivity contribution >= 4 is 22.6 Å². The number of halogens is 4. The van der Waals surface area contributed by atoms with Crippen LogP contribution in [-0.2, 0) is 12.6 Å². The summed E-state index contributed by atoms with van der Waals surface area (Å²) in [4.78, 5) is 3.62. The lowest BCUT2D eigenvalue weighted by molar-refractivity contribution is -0.139. The molecular formula is C8H7F3IN. The lowest BCUT2D eigenvalue weighted by Gasteiger charge is -2.12. The van der Waals surface area contributed by atoms with Crippen LogP contribution in [0.25, 0.3) is 0 Å². The van der Waals surface area contributed by atoms with Crippen LogP contribution in [0.15, 0.2) is 12.3 Å². The monoisotopic (exact) mass is 301 g/mol. The molecule has 72 valence electrons. The fourth-order valence-corrected chi connectivity index (χ4v) is 1.88. The van der Waals surface area contributed by atoms with E-state index in [0.29, 0.717) is 12.0 Å². The molecule has 0 saturated heterocycles. The predicted octanol–water partition coefficient (Wildman–Crippen LogP) is 3.27. The molecular weight excluding hydrogens is 294 g/mol. The molecule has 1 aromatic heterocycles. The van der Waals surface area contributed by atoms with Crippen molar-refractivity contribution in [1.82, 2.24) is 4.98 Å². The summed E-state index contributed by atoms with van der Waals surface area (Å²) in [5.41, 5.74) is -0.301. The third-order valence-electron chi connectivity index (χ3n) is 1.66. The molecule has 0 saturated carbocycles. The van der Waals surface area contributed by atoms with E-state index in [2.05, 4.69) is 4.98 Å². The van der Waals surface area contributed by atoms with Crippen molar-refractivity contribution in [2.45, 2.75) is 19.5 Å². The number of nitrogens with zero attached hydrogens (tertiary/aromatic N) is 1. The topological polar surface area (TPSA) is 12.9 Å². The van der Waals surface area contributed by atoms with E-state index in [4.69, 9.17) is 0 Å². The van der Waals surface area contributed by atoms with Crippen LogP contribution in [0.2, 0.25) is 0 Å². The highest BCUT2D eigenvalue weighted by Gasteiger charge is 2.35. The van der Waals surface area contributed by atoms with E-state index in [1.165, 1.54) is 12.3 Å². The Bertz CT molecular complexity index is 309. The third kappa shape index (κ3) is 2.32. The Morgan fingerprint density at radius 2 is 2.08 bits per heavy atom. The van der Waals surface area contributed by atoms with Crippen LogP contribution in [0.1, 0.15) is 18.1 Å². The number of hydrogen-bond donors (Lipinski definition) is 0. The first-order chi connectivity index (χ1) is 5.96. The van der Waals surface area contributed by atoms with Gasteiger partial charge < -0.3 is 0 Å². The Balaban J connectivity index is 3.32. The molecule has 0 N–H and O–H groups in total. The largest absolute Gasteiger partial charge is 0.419 e. The third-order valence-corrected chi connectivity index (χ3v) is 2.47. The van der Waals surface area contributed by atoms with Gasteiger partial charge >= 0.3 is 6.18 Å². The van der Waals surface area contributed by atoms with Gasteiger partial charge in [-0.15, -0.1) is 0 Å². The first kappa shape index (κ1) is 10.7. The molecule has 1 aromatic rings. The van der Waals surface area contributed by atoms with Crippen molar-refractivity contribution in [3.63, 3.8) is 0 Å². The summed E-state index contributed by atoms with van der Waals surface area (Å²) in [6.45, 7) is 1.70. The van der Waals surface area contributed by atoms with Crippen LogP contribution in [-0.4, -0.2) is 4.98 Å². The lowest BCUT2D eigenvalue weighted by atomic mass is 10.1. The van der Waals surface area contributed by atoms with Crippen LogP contribution in [0.5, 0.6) is 0 Å². The summed E-state index contributed by atoms with van der Waals surface area (Å²) in [6, 6.07) is 1.41. The molecule has 0 unspecified atom stereocenters. The molecule has 5 heteroatoms. The normalized spacial score (nSPS) is 11.8. The highest BCUT2D eigenvalue weighted by molar-refractivity contribution is 14.1. The average molecular weight is 301 g/mol. The zero-order valence-electron chi connectivity index (χ0n) is 6.82. The fraction of sp³-hybridized carbons (Fsp3) is 0.375. The van der Waals surface area contributed by atoms with E-state index in [0.717, 1.165) is 0 Å². The summed E-state index contributed by atoms with van der Waals surface area (Å²) in [6.07, 6.45) is -2.53. The van der Waals surface area contributed by atoms with Gasteiger partial charge in [-0.3, -0.25) is 0 Å². The Morgan fingerprint density at radius 3 is 2.46 bits per heavy atom. The zero-order valence-corrected chi connectivity index (χ0v) is 8.98. The van der Waals surface area contributed by atoms with Crippen molar-refractivity contribution in [3.05, 3.63) is 27.1 Å². The number of rotatable bonds is 1. The number of pyridine rings is 1. The molecule has 0 amide bonds. The van der Waals surface area contributed by atoms with Crippen molar-refractivity contribution in [3.8, 4) is 0 Å². The molecule has 0 spiro atoms. The van der Waals surface area contributed by atoms with Crippen molar-refractivity contribution in [2.75, 3.05) is 0 Å². The highest BCUT2D eigenvalue weighted by atomic mass is 127. The van der Waals surface area contributed by atoms with Crippen LogP contribution in [0, 0.1) is 3.70 Å². The first-order valence-electron chi connectivity index (χ1n) is 3.67. The summed E-state index contributed by atoms with van der Waals surface area (Å²) in [7, 11) is 0. The van der Waals surface area contributed by atoms with Crippen molar-refractivity contribution in [1.29, 1.82) is 0 Å². The molecule has 0 aromatic carbocycles. The SMILES string of the molecule is CCc1ccnc(I)c1C(F)(F)F. The first-order valence-corrected chi connectivity index (χ1v) is 4.75. The maximum atomic E-state index is 12.5. The van der Waals surface area contributed by atoms with Gasteiger partial charge in [0.05, 0.1) is 5.56 Å². The Hall–Kier alpha value is -0.330. The summed E-state index contributed by atoms with van der Waals surface area (Å²) < 4.78 is 37.4. The molecule has 0 radical (unpaired) electrons. The number of aryl methyl sites for hydroxylation is 1. The Morgan fingerprint density at radius 1 is 1.46 bits per heavy atom. The van der Waals surface area contributed by atoms with E-state index < -0.39 is 11.7 Å². The molecule has 0 aliphatic rings.